The van der Waals surface area contributed by atoms with Gasteiger partial charge in [0.2, 0.25) is 5.91 Å². The van der Waals surface area contributed by atoms with Crippen LogP contribution in [0, 0.1) is 5.41 Å². The van der Waals surface area contributed by atoms with Crippen LogP contribution < -0.4 is 5.32 Å². The monoisotopic (exact) mass is 242 g/mol. The van der Waals surface area contributed by atoms with Gasteiger partial charge in [0.05, 0.1) is 31.8 Å². The number of hydrogen-bond donors (Lipinski definition) is 1. The molecule has 1 amide bonds. The second-order valence-electron chi connectivity index (χ2n) is 4.84. The molecule has 2 aliphatic rings. The van der Waals surface area contributed by atoms with Gasteiger partial charge in [0, 0.05) is 26.2 Å². The van der Waals surface area contributed by atoms with Gasteiger partial charge in [0.1, 0.15) is 0 Å². The van der Waals surface area contributed by atoms with Gasteiger partial charge in [0.25, 0.3) is 0 Å². The summed E-state index contributed by atoms with van der Waals surface area (Å²) < 4.78 is 10.4. The molecule has 0 aromatic heterocycles. The van der Waals surface area contributed by atoms with Crippen molar-refractivity contribution in [3.8, 4) is 0 Å². The Kier molecular flexibility index (Phi) is 4.36. The van der Waals surface area contributed by atoms with Gasteiger partial charge in [-0.2, -0.15) is 0 Å². The van der Waals surface area contributed by atoms with Crippen molar-refractivity contribution in [1.82, 2.24) is 10.2 Å². The normalized spacial score (nSPS) is 24.1. The van der Waals surface area contributed by atoms with Crippen LogP contribution in [0.1, 0.15) is 13.3 Å². The lowest BCUT2D eigenvalue weighted by Crippen LogP contribution is -2.54. The van der Waals surface area contributed by atoms with Crippen LogP contribution in [0.25, 0.3) is 0 Å². The molecule has 1 N–H and O–H groups in total. The second-order valence-corrected chi connectivity index (χ2v) is 4.84. The SMILES string of the molecule is CCC1(C(=O)NCCN2CCOCC2)COC1. The second kappa shape index (κ2) is 5.80. The van der Waals surface area contributed by atoms with Gasteiger partial charge in [-0.25, -0.2) is 0 Å². The number of carbonyl (C=O) groups excluding carboxylic acids is 1. The van der Waals surface area contributed by atoms with E-state index in [0.717, 1.165) is 45.8 Å². The van der Waals surface area contributed by atoms with Gasteiger partial charge in [-0.15, -0.1) is 0 Å². The predicted octanol–water partition coefficient (Wildman–Crippen LogP) is -0.139. The van der Waals surface area contributed by atoms with E-state index in [0.29, 0.717) is 13.2 Å². The van der Waals surface area contributed by atoms with E-state index in [4.69, 9.17) is 9.47 Å². The van der Waals surface area contributed by atoms with Crippen molar-refractivity contribution in [2.45, 2.75) is 13.3 Å². The Morgan fingerprint density at radius 3 is 2.53 bits per heavy atom. The molecule has 0 unspecified atom stereocenters. The van der Waals surface area contributed by atoms with Crippen molar-refractivity contribution in [1.29, 1.82) is 0 Å². The maximum atomic E-state index is 12.0. The van der Waals surface area contributed by atoms with Crippen LogP contribution in [-0.4, -0.2) is 63.4 Å². The Morgan fingerprint density at radius 1 is 1.29 bits per heavy atom. The molecule has 0 bridgehead atoms. The van der Waals surface area contributed by atoms with Crippen molar-refractivity contribution < 1.29 is 14.3 Å². The average molecular weight is 242 g/mol. The molecule has 5 heteroatoms. The van der Waals surface area contributed by atoms with E-state index in [1.165, 1.54) is 0 Å². The molecule has 0 aliphatic carbocycles. The minimum absolute atomic E-state index is 0.152. The first-order valence-corrected chi connectivity index (χ1v) is 6.43. The highest BCUT2D eigenvalue weighted by Crippen LogP contribution is 2.31. The van der Waals surface area contributed by atoms with Crippen molar-refractivity contribution in [2.24, 2.45) is 5.41 Å². The molecule has 0 aromatic carbocycles. The third kappa shape index (κ3) is 2.97. The smallest absolute Gasteiger partial charge is 0.230 e. The predicted molar refractivity (Wildman–Crippen MR) is 63.8 cm³/mol. The molecule has 0 atom stereocenters. The van der Waals surface area contributed by atoms with Crippen molar-refractivity contribution in [3.05, 3.63) is 0 Å². The Morgan fingerprint density at radius 2 is 2.00 bits per heavy atom. The summed E-state index contributed by atoms with van der Waals surface area (Å²) in [6.07, 6.45) is 0.858. The largest absolute Gasteiger partial charge is 0.379 e. The summed E-state index contributed by atoms with van der Waals surface area (Å²) in [6.45, 7) is 8.39. The summed E-state index contributed by atoms with van der Waals surface area (Å²) >= 11 is 0. The van der Waals surface area contributed by atoms with Crippen molar-refractivity contribution in [3.63, 3.8) is 0 Å². The van der Waals surface area contributed by atoms with Crippen LogP contribution in [0.15, 0.2) is 0 Å². The van der Waals surface area contributed by atoms with Gasteiger partial charge in [0.15, 0.2) is 0 Å². The summed E-state index contributed by atoms with van der Waals surface area (Å²) in [5.74, 6) is 0.152. The van der Waals surface area contributed by atoms with Gasteiger partial charge in [-0.05, 0) is 6.42 Å². The number of ether oxygens (including phenoxy) is 2. The fraction of sp³-hybridized carbons (Fsp3) is 0.917. The summed E-state index contributed by atoms with van der Waals surface area (Å²) in [5.41, 5.74) is -0.245. The average Bonchev–Trinajstić information content (AvgIpc) is 2.30. The number of carbonyl (C=O) groups is 1. The van der Waals surface area contributed by atoms with E-state index in [2.05, 4.69) is 10.2 Å². The van der Waals surface area contributed by atoms with Crippen LogP contribution >= 0.6 is 0 Å². The maximum absolute atomic E-state index is 12.0. The van der Waals surface area contributed by atoms with E-state index in [1.54, 1.807) is 0 Å². The molecule has 2 rings (SSSR count). The lowest BCUT2D eigenvalue weighted by atomic mass is 9.82. The number of nitrogens with one attached hydrogen (secondary N) is 1. The molecule has 2 saturated heterocycles. The van der Waals surface area contributed by atoms with Crippen LogP contribution in [-0.2, 0) is 14.3 Å². The summed E-state index contributed by atoms with van der Waals surface area (Å²) in [6, 6.07) is 0. The first-order valence-electron chi connectivity index (χ1n) is 6.43. The van der Waals surface area contributed by atoms with Crippen LogP contribution in [0.4, 0.5) is 0 Å². The molecular weight excluding hydrogens is 220 g/mol. The fourth-order valence-electron chi connectivity index (χ4n) is 2.18. The zero-order chi connectivity index (χ0) is 12.1. The minimum Gasteiger partial charge on any atom is -0.379 e. The molecule has 0 saturated carbocycles. The van der Waals surface area contributed by atoms with E-state index in [-0.39, 0.29) is 11.3 Å². The Balaban J connectivity index is 1.65. The summed E-state index contributed by atoms with van der Waals surface area (Å²) in [7, 11) is 0. The molecule has 2 aliphatic heterocycles. The third-order valence-electron chi connectivity index (χ3n) is 3.73. The van der Waals surface area contributed by atoms with Crippen molar-refractivity contribution in [2.75, 3.05) is 52.6 Å². The van der Waals surface area contributed by atoms with E-state index in [1.807, 2.05) is 6.92 Å². The van der Waals surface area contributed by atoms with E-state index in [9.17, 15) is 4.79 Å². The van der Waals surface area contributed by atoms with Crippen LogP contribution in [0.5, 0.6) is 0 Å². The lowest BCUT2D eigenvalue weighted by molar-refractivity contribution is -0.162. The summed E-state index contributed by atoms with van der Waals surface area (Å²) in [5, 5.41) is 3.02. The molecule has 98 valence electrons. The Hall–Kier alpha value is -0.650. The number of amides is 1. The molecule has 17 heavy (non-hydrogen) atoms. The molecule has 0 spiro atoms. The first kappa shape index (κ1) is 12.8. The topological polar surface area (TPSA) is 50.8 Å². The summed E-state index contributed by atoms with van der Waals surface area (Å²) in [4.78, 5) is 14.3. The number of hydrogen-bond acceptors (Lipinski definition) is 4. The van der Waals surface area contributed by atoms with Crippen molar-refractivity contribution >= 4 is 5.91 Å². The highest BCUT2D eigenvalue weighted by atomic mass is 16.5. The molecule has 2 heterocycles. The quantitative estimate of drug-likeness (QED) is 0.729. The molecule has 0 radical (unpaired) electrons. The highest BCUT2D eigenvalue weighted by molar-refractivity contribution is 5.83. The Bertz CT molecular complexity index is 255. The Labute approximate surface area is 102 Å². The van der Waals surface area contributed by atoms with Gasteiger partial charge in [-0.3, -0.25) is 9.69 Å². The van der Waals surface area contributed by atoms with E-state index >= 15 is 0 Å². The molecule has 2 fully saturated rings. The van der Waals surface area contributed by atoms with Gasteiger partial charge >= 0.3 is 0 Å². The lowest BCUT2D eigenvalue weighted by Gasteiger charge is -2.39. The third-order valence-corrected chi connectivity index (χ3v) is 3.73. The van der Waals surface area contributed by atoms with Gasteiger partial charge in [-0.1, -0.05) is 6.92 Å². The standard InChI is InChI=1S/C12H22N2O3/c1-2-12(9-17-10-12)11(15)13-3-4-14-5-7-16-8-6-14/h2-10H2,1H3,(H,13,15). The van der Waals surface area contributed by atoms with Crippen LogP contribution in [0.2, 0.25) is 0 Å². The zero-order valence-electron chi connectivity index (χ0n) is 10.5. The highest BCUT2D eigenvalue weighted by Gasteiger charge is 2.43. The number of rotatable bonds is 5. The maximum Gasteiger partial charge on any atom is 0.230 e. The molecule has 5 nitrogen and oxygen atoms in total. The van der Waals surface area contributed by atoms with Gasteiger partial charge < -0.3 is 14.8 Å². The zero-order valence-corrected chi connectivity index (χ0v) is 10.5. The minimum atomic E-state index is -0.245. The van der Waals surface area contributed by atoms with Crippen LogP contribution in [0.3, 0.4) is 0 Å². The number of nitrogens with zero attached hydrogens (tertiary/aromatic N) is 1. The first-order chi connectivity index (χ1) is 8.27. The molecular formula is C12H22N2O3. The number of morpholine rings is 1. The van der Waals surface area contributed by atoms with E-state index < -0.39 is 0 Å². The fourth-order valence-corrected chi connectivity index (χ4v) is 2.18. The molecule has 0 aromatic rings.